The maximum atomic E-state index is 11.3. The smallest absolute Gasteiger partial charge is 0.335 e. The third kappa shape index (κ3) is 2.38. The van der Waals surface area contributed by atoms with Gasteiger partial charge in [-0.25, -0.2) is 4.79 Å². The van der Waals surface area contributed by atoms with Crippen molar-refractivity contribution in [1.29, 1.82) is 0 Å². The largest absolute Gasteiger partial charge is 0.478 e. The van der Waals surface area contributed by atoms with E-state index in [4.69, 9.17) is 0 Å². The van der Waals surface area contributed by atoms with Gasteiger partial charge in [-0.05, 0) is 47.7 Å². The number of benzene rings is 2. The highest BCUT2D eigenvalue weighted by Crippen LogP contribution is 2.50. The van der Waals surface area contributed by atoms with E-state index in [9.17, 15) is 9.90 Å². The van der Waals surface area contributed by atoms with E-state index in [-0.39, 0.29) is 12.0 Å². The fourth-order valence-electron chi connectivity index (χ4n) is 3.76. The molecule has 0 radical (unpaired) electrons. The van der Waals surface area contributed by atoms with Gasteiger partial charge in [-0.1, -0.05) is 46.3 Å². The molecule has 0 unspecified atom stereocenters. The molecule has 2 aliphatic rings. The molecule has 0 bridgehead atoms. The van der Waals surface area contributed by atoms with E-state index in [2.05, 4.69) is 51.6 Å². The van der Waals surface area contributed by atoms with Crippen molar-refractivity contribution in [3.05, 3.63) is 75.8 Å². The Kier molecular flexibility index (Phi) is 3.49. The average molecular weight is 370 g/mol. The topological polar surface area (TPSA) is 49.3 Å². The molecule has 2 aromatic carbocycles. The molecular formula is C19H16BrNO2. The average Bonchev–Trinajstić information content (AvgIpc) is 3.04. The maximum absolute atomic E-state index is 11.3. The van der Waals surface area contributed by atoms with Crippen LogP contribution in [0.15, 0.2) is 59.1 Å². The lowest BCUT2D eigenvalue weighted by molar-refractivity contribution is 0.0696. The minimum Gasteiger partial charge on any atom is -0.478 e. The van der Waals surface area contributed by atoms with Gasteiger partial charge >= 0.3 is 5.97 Å². The lowest BCUT2D eigenvalue weighted by Gasteiger charge is -2.38. The number of allylic oxidation sites excluding steroid dienone is 2. The first-order valence-corrected chi connectivity index (χ1v) is 8.49. The predicted octanol–water partition coefficient (Wildman–Crippen LogP) is 4.97. The Hall–Kier alpha value is -2.07. The highest BCUT2D eigenvalue weighted by Gasteiger charge is 2.38. The second-order valence-corrected chi connectivity index (χ2v) is 6.96. The number of anilines is 1. The number of hydrogen-bond acceptors (Lipinski definition) is 2. The highest BCUT2D eigenvalue weighted by atomic mass is 79.9. The van der Waals surface area contributed by atoms with Gasteiger partial charge in [0.15, 0.2) is 0 Å². The molecule has 0 spiro atoms. The standard InChI is InChI=1S/C19H16BrNO2/c20-16-7-2-1-4-14(16)18-13-6-3-5-12(13)15-10-11(19(22)23)8-9-17(15)21-18/h1-5,7-10,12-13,18,21H,6H2,(H,22,23)/t12-,13+,18-/m0/s1. The van der Waals surface area contributed by atoms with E-state index in [0.29, 0.717) is 11.5 Å². The Labute approximate surface area is 143 Å². The molecule has 3 atom stereocenters. The summed E-state index contributed by atoms with van der Waals surface area (Å²) in [7, 11) is 0. The van der Waals surface area contributed by atoms with Crippen LogP contribution >= 0.6 is 15.9 Å². The minimum atomic E-state index is -0.876. The van der Waals surface area contributed by atoms with E-state index in [1.165, 1.54) is 5.56 Å². The molecule has 0 fully saturated rings. The number of carbonyl (C=O) groups is 1. The lowest BCUT2D eigenvalue weighted by Crippen LogP contribution is -2.29. The van der Waals surface area contributed by atoms with Crippen LogP contribution in [0.2, 0.25) is 0 Å². The molecule has 2 aromatic rings. The van der Waals surface area contributed by atoms with E-state index < -0.39 is 5.97 Å². The monoisotopic (exact) mass is 369 g/mol. The van der Waals surface area contributed by atoms with Gasteiger partial charge in [0.05, 0.1) is 11.6 Å². The third-order valence-corrected chi connectivity index (χ3v) is 5.57. The molecule has 1 aliphatic heterocycles. The molecule has 3 nitrogen and oxygen atoms in total. The highest BCUT2D eigenvalue weighted by molar-refractivity contribution is 9.10. The lowest BCUT2D eigenvalue weighted by atomic mass is 9.76. The van der Waals surface area contributed by atoms with Crippen LogP contribution in [0.1, 0.15) is 39.9 Å². The van der Waals surface area contributed by atoms with Crippen LogP contribution in [0.3, 0.4) is 0 Å². The number of hydrogen-bond donors (Lipinski definition) is 2. The molecule has 4 heteroatoms. The van der Waals surface area contributed by atoms with E-state index >= 15 is 0 Å². The number of fused-ring (bicyclic) bond motifs is 3. The number of carboxylic acid groups (broad SMARTS) is 1. The van der Waals surface area contributed by atoms with Crippen LogP contribution in [0, 0.1) is 5.92 Å². The Morgan fingerprint density at radius 3 is 2.78 bits per heavy atom. The van der Waals surface area contributed by atoms with Crippen LogP contribution in [-0.4, -0.2) is 11.1 Å². The minimum absolute atomic E-state index is 0.216. The van der Waals surface area contributed by atoms with Crippen LogP contribution in [-0.2, 0) is 0 Å². The summed E-state index contributed by atoms with van der Waals surface area (Å²) in [6, 6.07) is 13.9. The number of carboxylic acids is 1. The van der Waals surface area contributed by atoms with Crippen molar-refractivity contribution >= 4 is 27.6 Å². The summed E-state index contributed by atoms with van der Waals surface area (Å²) in [5.74, 6) is -0.202. The molecule has 0 aromatic heterocycles. The predicted molar refractivity (Wildman–Crippen MR) is 93.9 cm³/mol. The molecule has 116 valence electrons. The van der Waals surface area contributed by atoms with Gasteiger partial charge in [-0.15, -0.1) is 0 Å². The summed E-state index contributed by atoms with van der Waals surface area (Å²) in [5, 5.41) is 12.9. The summed E-state index contributed by atoms with van der Waals surface area (Å²) in [6.45, 7) is 0. The van der Waals surface area contributed by atoms with E-state index in [1.807, 2.05) is 18.2 Å². The SMILES string of the molecule is O=C(O)c1ccc2c(c1)[C@H]1C=CC[C@H]1[C@@H](c1ccccc1Br)N2. The second kappa shape index (κ2) is 5.53. The zero-order valence-electron chi connectivity index (χ0n) is 12.4. The molecule has 0 amide bonds. The summed E-state index contributed by atoms with van der Waals surface area (Å²) in [4.78, 5) is 11.3. The molecule has 0 saturated carbocycles. The van der Waals surface area contributed by atoms with E-state index in [0.717, 1.165) is 22.1 Å². The first-order valence-electron chi connectivity index (χ1n) is 7.70. The van der Waals surface area contributed by atoms with Gasteiger partial charge in [-0.3, -0.25) is 0 Å². The first-order chi connectivity index (χ1) is 11.1. The quantitative estimate of drug-likeness (QED) is 0.734. The van der Waals surface area contributed by atoms with Crippen LogP contribution in [0.5, 0.6) is 0 Å². The van der Waals surface area contributed by atoms with Crippen molar-refractivity contribution in [2.75, 3.05) is 5.32 Å². The van der Waals surface area contributed by atoms with Crippen molar-refractivity contribution in [1.82, 2.24) is 0 Å². The zero-order chi connectivity index (χ0) is 16.0. The molecule has 1 aliphatic carbocycles. The molecule has 2 N–H and O–H groups in total. The summed E-state index contributed by atoms with van der Waals surface area (Å²) >= 11 is 3.66. The van der Waals surface area contributed by atoms with Crippen molar-refractivity contribution in [2.24, 2.45) is 5.92 Å². The maximum Gasteiger partial charge on any atom is 0.335 e. The third-order valence-electron chi connectivity index (χ3n) is 4.85. The van der Waals surface area contributed by atoms with Gasteiger partial charge in [0.2, 0.25) is 0 Å². The van der Waals surface area contributed by atoms with Crippen molar-refractivity contribution < 1.29 is 9.90 Å². The van der Waals surface area contributed by atoms with Gasteiger partial charge in [0.1, 0.15) is 0 Å². The second-order valence-electron chi connectivity index (χ2n) is 6.10. The molecule has 4 rings (SSSR count). The van der Waals surface area contributed by atoms with Gasteiger partial charge in [-0.2, -0.15) is 0 Å². The van der Waals surface area contributed by atoms with Gasteiger partial charge in [0, 0.05) is 16.1 Å². The summed E-state index contributed by atoms with van der Waals surface area (Å²) in [5.41, 5.74) is 3.72. The number of aromatic carboxylic acids is 1. The first kappa shape index (κ1) is 14.5. The van der Waals surface area contributed by atoms with Crippen LogP contribution in [0.25, 0.3) is 0 Å². The number of nitrogens with one attached hydrogen (secondary N) is 1. The summed E-state index contributed by atoms with van der Waals surface area (Å²) in [6.07, 6.45) is 5.43. The normalized spacial score (nSPS) is 24.7. The van der Waals surface area contributed by atoms with E-state index in [1.54, 1.807) is 6.07 Å². The zero-order valence-corrected chi connectivity index (χ0v) is 14.0. The molecule has 1 heterocycles. The Morgan fingerprint density at radius 2 is 2.00 bits per heavy atom. The van der Waals surface area contributed by atoms with Gasteiger partial charge in [0.25, 0.3) is 0 Å². The van der Waals surface area contributed by atoms with Gasteiger partial charge < -0.3 is 10.4 Å². The fourth-order valence-corrected chi connectivity index (χ4v) is 4.29. The molecular weight excluding hydrogens is 354 g/mol. The molecule has 0 saturated heterocycles. The Balaban J connectivity index is 1.81. The Morgan fingerprint density at radius 1 is 1.17 bits per heavy atom. The van der Waals surface area contributed by atoms with Crippen molar-refractivity contribution in [3.8, 4) is 0 Å². The molecule has 23 heavy (non-hydrogen) atoms. The van der Waals surface area contributed by atoms with Crippen LogP contribution < -0.4 is 5.32 Å². The fraction of sp³-hybridized carbons (Fsp3) is 0.211. The summed E-state index contributed by atoms with van der Waals surface area (Å²) < 4.78 is 1.11. The van der Waals surface area contributed by atoms with Crippen molar-refractivity contribution in [2.45, 2.75) is 18.4 Å². The van der Waals surface area contributed by atoms with Crippen molar-refractivity contribution in [3.63, 3.8) is 0 Å². The number of rotatable bonds is 2. The number of halogens is 1. The van der Waals surface area contributed by atoms with Crippen LogP contribution in [0.4, 0.5) is 5.69 Å². The Bertz CT molecular complexity index is 815.